The number of pyridine rings is 2. The summed E-state index contributed by atoms with van der Waals surface area (Å²) in [5, 5.41) is 10.3. The zero-order valence-electron chi connectivity index (χ0n) is 24.4. The van der Waals surface area contributed by atoms with E-state index in [0.717, 1.165) is 42.9 Å². The zero-order valence-corrected chi connectivity index (χ0v) is 24.4. The zero-order chi connectivity index (χ0) is 28.9. The molecule has 0 spiro atoms. The number of hydrogen-bond donors (Lipinski definition) is 1. The fourth-order valence-electron chi connectivity index (χ4n) is 4.83. The second-order valence-corrected chi connectivity index (χ2v) is 12.0. The van der Waals surface area contributed by atoms with Crippen LogP contribution < -0.4 is 14.4 Å². The predicted octanol–water partition coefficient (Wildman–Crippen LogP) is 6.48. The molecule has 1 aromatic carbocycles. The van der Waals surface area contributed by atoms with Crippen molar-refractivity contribution in [2.45, 2.75) is 66.1 Å². The van der Waals surface area contributed by atoms with Gasteiger partial charge in [-0.2, -0.15) is 0 Å². The van der Waals surface area contributed by atoms with Crippen molar-refractivity contribution in [3.8, 4) is 22.8 Å². The molecule has 0 unspecified atom stereocenters. The number of aryl methyl sites for hydroxylation is 1. The molecule has 1 atom stereocenters. The molecule has 1 fully saturated rings. The minimum absolute atomic E-state index is 0.231. The first-order chi connectivity index (χ1) is 18.9. The Morgan fingerprint density at radius 2 is 1.62 bits per heavy atom. The SMILES string of the molecule is Cc1ncc(-c2ccc(OCCOc3ccccc3)cn2)c(N2CCC(C)(C)CC2)c1[C@H](OC(C)(C)C)C(=O)O. The first kappa shape index (κ1) is 29.3. The van der Waals surface area contributed by atoms with E-state index in [-0.39, 0.29) is 5.41 Å². The summed E-state index contributed by atoms with van der Waals surface area (Å²) in [6, 6.07) is 13.4. The predicted molar refractivity (Wildman–Crippen MR) is 156 cm³/mol. The molecule has 1 aliphatic rings. The summed E-state index contributed by atoms with van der Waals surface area (Å²) in [6.07, 6.45) is 4.30. The number of carboxylic acid groups (broad SMARTS) is 1. The highest BCUT2D eigenvalue weighted by Crippen LogP contribution is 2.43. The van der Waals surface area contributed by atoms with E-state index < -0.39 is 17.7 Å². The van der Waals surface area contributed by atoms with E-state index in [1.165, 1.54) is 0 Å². The van der Waals surface area contributed by atoms with Gasteiger partial charge in [0.1, 0.15) is 24.7 Å². The highest BCUT2D eigenvalue weighted by Gasteiger charge is 2.36. The molecule has 1 N–H and O–H groups in total. The van der Waals surface area contributed by atoms with Gasteiger partial charge in [0.2, 0.25) is 0 Å². The lowest BCUT2D eigenvalue weighted by Gasteiger charge is -2.40. The van der Waals surface area contributed by atoms with Crippen LogP contribution in [0.4, 0.5) is 5.69 Å². The molecule has 1 aliphatic heterocycles. The van der Waals surface area contributed by atoms with Crippen LogP contribution >= 0.6 is 0 Å². The maximum absolute atomic E-state index is 12.6. The van der Waals surface area contributed by atoms with Gasteiger partial charge in [0, 0.05) is 36.1 Å². The third-order valence-corrected chi connectivity index (χ3v) is 7.05. The van der Waals surface area contributed by atoms with Crippen LogP contribution in [0.15, 0.2) is 54.9 Å². The number of hydrogen-bond acceptors (Lipinski definition) is 7. The van der Waals surface area contributed by atoms with Gasteiger partial charge in [-0.3, -0.25) is 9.97 Å². The molecule has 0 radical (unpaired) electrons. The summed E-state index contributed by atoms with van der Waals surface area (Å²) in [5.41, 5.74) is 3.10. The number of rotatable bonds is 10. The fourth-order valence-corrected chi connectivity index (χ4v) is 4.83. The maximum atomic E-state index is 12.6. The average molecular weight is 548 g/mol. The highest BCUT2D eigenvalue weighted by molar-refractivity contribution is 5.85. The maximum Gasteiger partial charge on any atom is 0.337 e. The Labute approximate surface area is 237 Å². The third-order valence-electron chi connectivity index (χ3n) is 7.05. The molecule has 0 amide bonds. The van der Waals surface area contributed by atoms with Crippen molar-refractivity contribution in [2.24, 2.45) is 5.41 Å². The molecule has 3 heterocycles. The van der Waals surface area contributed by atoms with Crippen molar-refractivity contribution in [1.29, 1.82) is 0 Å². The molecule has 2 aromatic heterocycles. The molecule has 8 heteroatoms. The van der Waals surface area contributed by atoms with Gasteiger partial charge in [0.05, 0.1) is 23.2 Å². The first-order valence-corrected chi connectivity index (χ1v) is 13.9. The second kappa shape index (κ2) is 12.3. The number of aromatic nitrogens is 2. The minimum Gasteiger partial charge on any atom is -0.490 e. The van der Waals surface area contributed by atoms with Crippen molar-refractivity contribution >= 4 is 11.7 Å². The summed E-state index contributed by atoms with van der Waals surface area (Å²) in [7, 11) is 0. The van der Waals surface area contributed by atoms with E-state index in [4.69, 9.17) is 19.2 Å². The number of carbonyl (C=O) groups is 1. The molecule has 0 bridgehead atoms. The van der Waals surface area contributed by atoms with Crippen LogP contribution in [0.5, 0.6) is 11.5 Å². The van der Waals surface area contributed by atoms with Crippen molar-refractivity contribution < 1.29 is 24.1 Å². The quantitative estimate of drug-likeness (QED) is 0.288. The van der Waals surface area contributed by atoms with E-state index in [1.807, 2.05) is 70.2 Å². The van der Waals surface area contributed by atoms with Crippen LogP contribution in [0.25, 0.3) is 11.3 Å². The van der Waals surface area contributed by atoms with Crippen LogP contribution in [0.2, 0.25) is 0 Å². The van der Waals surface area contributed by atoms with E-state index in [1.54, 1.807) is 12.4 Å². The summed E-state index contributed by atoms with van der Waals surface area (Å²) < 4.78 is 17.7. The normalized spacial score (nSPS) is 15.9. The lowest BCUT2D eigenvalue weighted by Crippen LogP contribution is -2.39. The lowest BCUT2D eigenvalue weighted by atomic mass is 9.82. The highest BCUT2D eigenvalue weighted by atomic mass is 16.5. The Morgan fingerprint density at radius 1 is 0.975 bits per heavy atom. The number of piperidine rings is 1. The number of ether oxygens (including phenoxy) is 3. The summed E-state index contributed by atoms with van der Waals surface area (Å²) in [5.74, 6) is 0.387. The van der Waals surface area contributed by atoms with E-state index >= 15 is 0 Å². The van der Waals surface area contributed by atoms with Crippen molar-refractivity contribution in [3.05, 3.63) is 66.1 Å². The number of para-hydroxylation sites is 1. The molecule has 0 aliphatic carbocycles. The lowest BCUT2D eigenvalue weighted by molar-refractivity contribution is -0.160. The smallest absolute Gasteiger partial charge is 0.337 e. The van der Waals surface area contributed by atoms with E-state index in [0.29, 0.717) is 35.9 Å². The van der Waals surface area contributed by atoms with Crippen LogP contribution in [-0.2, 0) is 9.53 Å². The van der Waals surface area contributed by atoms with Crippen molar-refractivity contribution in [1.82, 2.24) is 9.97 Å². The van der Waals surface area contributed by atoms with Gasteiger partial charge in [-0.05, 0) is 70.2 Å². The number of aliphatic carboxylic acids is 1. The molecular formula is C32H41N3O5. The van der Waals surface area contributed by atoms with Crippen LogP contribution in [0, 0.1) is 12.3 Å². The molecule has 8 nitrogen and oxygen atoms in total. The number of nitrogens with zero attached hydrogens (tertiary/aromatic N) is 3. The Morgan fingerprint density at radius 3 is 2.20 bits per heavy atom. The largest absolute Gasteiger partial charge is 0.490 e. The minimum atomic E-state index is -1.16. The first-order valence-electron chi connectivity index (χ1n) is 13.9. The van der Waals surface area contributed by atoms with E-state index in [2.05, 4.69) is 23.7 Å². The third kappa shape index (κ3) is 7.50. The molecule has 4 rings (SSSR count). The van der Waals surface area contributed by atoms with Gasteiger partial charge in [-0.1, -0.05) is 32.0 Å². The second-order valence-electron chi connectivity index (χ2n) is 12.0. The van der Waals surface area contributed by atoms with Crippen molar-refractivity contribution in [2.75, 3.05) is 31.2 Å². The van der Waals surface area contributed by atoms with Gasteiger partial charge in [-0.25, -0.2) is 4.79 Å². The summed E-state index contributed by atoms with van der Waals surface area (Å²) in [6.45, 7) is 14.4. The van der Waals surface area contributed by atoms with Gasteiger partial charge in [0.25, 0.3) is 0 Å². The van der Waals surface area contributed by atoms with Crippen molar-refractivity contribution in [3.63, 3.8) is 0 Å². The topological polar surface area (TPSA) is 94.0 Å². The van der Waals surface area contributed by atoms with Gasteiger partial charge < -0.3 is 24.2 Å². The average Bonchev–Trinajstić information content (AvgIpc) is 2.90. The summed E-state index contributed by atoms with van der Waals surface area (Å²) in [4.78, 5) is 24.2. The molecule has 214 valence electrons. The van der Waals surface area contributed by atoms with E-state index in [9.17, 15) is 9.90 Å². The van der Waals surface area contributed by atoms with Gasteiger partial charge >= 0.3 is 5.97 Å². The number of anilines is 1. The number of benzene rings is 1. The van der Waals surface area contributed by atoms with Crippen LogP contribution in [-0.4, -0.2) is 52.9 Å². The molecular weight excluding hydrogens is 506 g/mol. The monoisotopic (exact) mass is 547 g/mol. The van der Waals surface area contributed by atoms with Crippen LogP contribution in [0.3, 0.4) is 0 Å². The Kier molecular flexibility index (Phi) is 8.98. The molecule has 0 saturated carbocycles. The van der Waals surface area contributed by atoms with Gasteiger partial charge in [-0.15, -0.1) is 0 Å². The van der Waals surface area contributed by atoms with Gasteiger partial charge in [0.15, 0.2) is 6.10 Å². The number of carboxylic acids is 1. The Balaban J connectivity index is 1.63. The molecule has 1 saturated heterocycles. The van der Waals surface area contributed by atoms with Crippen LogP contribution in [0.1, 0.15) is 64.8 Å². The fraction of sp³-hybridized carbons (Fsp3) is 0.469. The Bertz CT molecular complexity index is 1280. The molecule has 3 aromatic rings. The standard InChI is InChI=1S/C32H41N3O5/c1-22-27(29(30(36)37)40-31(2,3)4)28(35-16-14-32(5,6)15-17-35)25(21-33-22)26-13-12-24(20-34-26)39-19-18-38-23-10-8-7-9-11-23/h7-13,20-21,29H,14-19H2,1-6H3,(H,36,37)/t29-/m0/s1. The Hall–Kier alpha value is -3.65. The molecule has 40 heavy (non-hydrogen) atoms. The summed E-state index contributed by atoms with van der Waals surface area (Å²) >= 11 is 0.